The minimum atomic E-state index is -1.14. The van der Waals surface area contributed by atoms with Gasteiger partial charge in [0, 0.05) is 9.99 Å². The number of hydrogen-bond donors (Lipinski definition) is 1. The van der Waals surface area contributed by atoms with Crippen LogP contribution in [-0.4, -0.2) is 28.1 Å². The highest BCUT2D eigenvalue weighted by Crippen LogP contribution is 2.42. The zero-order valence-corrected chi connectivity index (χ0v) is 18.2. The van der Waals surface area contributed by atoms with Crippen LogP contribution in [0, 0.1) is 3.57 Å². The molecule has 1 fully saturated rings. The van der Waals surface area contributed by atoms with Crippen molar-refractivity contribution in [3.63, 3.8) is 0 Å². The van der Waals surface area contributed by atoms with Crippen molar-refractivity contribution in [2.45, 2.75) is 24.6 Å². The first kappa shape index (κ1) is 20.4. The van der Waals surface area contributed by atoms with Crippen LogP contribution in [0.3, 0.4) is 0 Å². The van der Waals surface area contributed by atoms with Crippen molar-refractivity contribution in [3.8, 4) is 0 Å². The molecule has 0 bridgehead atoms. The van der Waals surface area contributed by atoms with Gasteiger partial charge in [0.25, 0.3) is 0 Å². The van der Waals surface area contributed by atoms with Gasteiger partial charge in [-0.3, -0.25) is 4.90 Å². The summed E-state index contributed by atoms with van der Waals surface area (Å²) in [5.41, 5.74) is 2.43. The van der Waals surface area contributed by atoms with E-state index < -0.39 is 30.3 Å². The summed E-state index contributed by atoms with van der Waals surface area (Å²) in [6, 6.07) is 24.8. The van der Waals surface area contributed by atoms with Gasteiger partial charge in [-0.25, -0.2) is 9.59 Å². The quantitative estimate of drug-likeness (QED) is 0.384. The van der Waals surface area contributed by atoms with Crippen LogP contribution in [0.15, 0.2) is 84.9 Å². The van der Waals surface area contributed by atoms with Crippen LogP contribution in [0.4, 0.5) is 4.79 Å². The second-order valence-corrected chi connectivity index (χ2v) is 8.41. The zero-order valence-electron chi connectivity index (χ0n) is 16.0. The first-order valence-corrected chi connectivity index (χ1v) is 10.7. The van der Waals surface area contributed by atoms with Gasteiger partial charge in [-0.15, -0.1) is 0 Å². The Morgan fingerprint density at radius 1 is 0.900 bits per heavy atom. The number of halogens is 1. The lowest BCUT2D eigenvalue weighted by atomic mass is 9.90. The van der Waals surface area contributed by atoms with Gasteiger partial charge in [0.05, 0.1) is 0 Å². The minimum Gasteiger partial charge on any atom is -0.465 e. The highest BCUT2D eigenvalue weighted by molar-refractivity contribution is 14.1. The van der Waals surface area contributed by atoms with E-state index in [0.717, 1.165) is 20.3 Å². The molecule has 0 radical (unpaired) electrons. The number of morpholine rings is 1. The highest BCUT2D eigenvalue weighted by atomic mass is 127. The van der Waals surface area contributed by atoms with Crippen LogP contribution in [0.1, 0.15) is 28.8 Å². The van der Waals surface area contributed by atoms with E-state index in [9.17, 15) is 14.7 Å². The van der Waals surface area contributed by atoms with Gasteiger partial charge in [0.2, 0.25) is 0 Å². The van der Waals surface area contributed by atoms with Crippen molar-refractivity contribution in [1.82, 2.24) is 4.90 Å². The Hall–Kier alpha value is -2.87. The smallest absolute Gasteiger partial charge is 0.408 e. The molecule has 1 unspecified atom stereocenters. The van der Waals surface area contributed by atoms with Crippen molar-refractivity contribution >= 4 is 34.7 Å². The molecule has 1 aliphatic heterocycles. The number of ether oxygens (including phenoxy) is 1. The largest absolute Gasteiger partial charge is 0.465 e. The molecule has 30 heavy (non-hydrogen) atoms. The molecule has 1 aliphatic rings. The lowest BCUT2D eigenvalue weighted by molar-refractivity contribution is -0.172. The number of benzene rings is 3. The fraction of sp³-hybridized carbons (Fsp3) is 0.167. The first-order valence-electron chi connectivity index (χ1n) is 9.60. The van der Waals surface area contributed by atoms with E-state index in [4.69, 9.17) is 4.74 Å². The summed E-state index contributed by atoms with van der Waals surface area (Å²) in [6.07, 6.45) is -1.60. The number of carboxylic acid groups (broad SMARTS) is 1. The topological polar surface area (TPSA) is 66.8 Å². The molecule has 1 heterocycles. The van der Waals surface area contributed by atoms with E-state index in [0.29, 0.717) is 0 Å². The maximum absolute atomic E-state index is 13.0. The molecule has 0 saturated carbocycles. The number of nitrogens with zero attached hydrogens (tertiary/aromatic N) is 1. The van der Waals surface area contributed by atoms with Gasteiger partial charge in [0.1, 0.15) is 12.1 Å². The average Bonchev–Trinajstić information content (AvgIpc) is 2.77. The molecule has 3 aromatic rings. The second kappa shape index (κ2) is 8.87. The fourth-order valence-electron chi connectivity index (χ4n) is 3.88. The van der Waals surface area contributed by atoms with Crippen LogP contribution in [0.25, 0.3) is 0 Å². The third-order valence-corrected chi connectivity index (χ3v) is 5.99. The van der Waals surface area contributed by atoms with Crippen LogP contribution in [0.5, 0.6) is 0 Å². The molecule has 4 rings (SSSR count). The zero-order chi connectivity index (χ0) is 21.1. The summed E-state index contributed by atoms with van der Waals surface area (Å²) in [4.78, 5) is 26.7. The Balaban J connectivity index is 1.77. The highest BCUT2D eigenvalue weighted by Gasteiger charge is 2.47. The van der Waals surface area contributed by atoms with Gasteiger partial charge in [0.15, 0.2) is 6.10 Å². The predicted molar refractivity (Wildman–Crippen MR) is 121 cm³/mol. The molecule has 152 valence electrons. The van der Waals surface area contributed by atoms with Crippen molar-refractivity contribution in [3.05, 3.63) is 105 Å². The van der Waals surface area contributed by atoms with Crippen molar-refractivity contribution in [1.29, 1.82) is 0 Å². The lowest BCUT2D eigenvalue weighted by Gasteiger charge is -2.44. The van der Waals surface area contributed by atoms with E-state index in [-0.39, 0.29) is 6.42 Å². The van der Waals surface area contributed by atoms with Crippen LogP contribution < -0.4 is 0 Å². The maximum atomic E-state index is 13.0. The molecule has 1 saturated heterocycles. The van der Waals surface area contributed by atoms with Crippen molar-refractivity contribution < 1.29 is 19.4 Å². The molecule has 5 nitrogen and oxygen atoms in total. The van der Waals surface area contributed by atoms with Gasteiger partial charge < -0.3 is 9.84 Å². The lowest BCUT2D eigenvalue weighted by Crippen LogP contribution is -2.54. The molecule has 1 N–H and O–H groups in total. The molecule has 0 spiro atoms. The Kier molecular flexibility index (Phi) is 6.03. The summed E-state index contributed by atoms with van der Waals surface area (Å²) < 4.78 is 6.96. The number of amides is 1. The number of carbonyl (C=O) groups excluding carboxylic acids is 1. The molecule has 6 heteroatoms. The standard InChI is InChI=1S/C24H20INO4/c25-19-13-11-16(12-14-19)15-20-23(27)30-22(18-9-5-2-6-10-18)21(26(20)24(28)29)17-7-3-1-4-8-17/h1-14,20-22H,15H2,(H,28,29)/t20?,21-,22+/m0/s1. The molecule has 3 atom stereocenters. The van der Waals surface area contributed by atoms with E-state index >= 15 is 0 Å². The average molecular weight is 513 g/mol. The van der Waals surface area contributed by atoms with Gasteiger partial charge in [-0.1, -0.05) is 72.8 Å². The maximum Gasteiger partial charge on any atom is 0.408 e. The molecular formula is C24H20INO4. The van der Waals surface area contributed by atoms with Gasteiger partial charge in [-0.05, 0) is 51.4 Å². The van der Waals surface area contributed by atoms with Crippen LogP contribution in [-0.2, 0) is 16.0 Å². The minimum absolute atomic E-state index is 0.257. The molecule has 0 aromatic heterocycles. The van der Waals surface area contributed by atoms with Crippen molar-refractivity contribution in [2.75, 3.05) is 0 Å². The van der Waals surface area contributed by atoms with E-state index in [1.807, 2.05) is 84.9 Å². The SMILES string of the molecule is O=C1O[C@H](c2ccccc2)[C@H](c2ccccc2)N(C(=O)O)C1Cc1ccc(I)cc1. The number of hydrogen-bond acceptors (Lipinski definition) is 3. The van der Waals surface area contributed by atoms with E-state index in [1.54, 1.807) is 0 Å². The molecular weight excluding hydrogens is 493 g/mol. The fourth-order valence-corrected chi connectivity index (χ4v) is 4.24. The van der Waals surface area contributed by atoms with Crippen LogP contribution >= 0.6 is 22.6 Å². The number of esters is 1. The first-order chi connectivity index (χ1) is 14.5. The normalized spacial score (nSPS) is 21.2. The van der Waals surface area contributed by atoms with Gasteiger partial charge in [-0.2, -0.15) is 0 Å². The molecule has 3 aromatic carbocycles. The van der Waals surface area contributed by atoms with Crippen LogP contribution in [0.2, 0.25) is 0 Å². The third kappa shape index (κ3) is 4.18. The number of cyclic esters (lactones) is 1. The predicted octanol–water partition coefficient (Wildman–Crippen LogP) is 5.22. The summed E-state index contributed by atoms with van der Waals surface area (Å²) >= 11 is 2.21. The summed E-state index contributed by atoms with van der Waals surface area (Å²) in [5, 5.41) is 10.2. The Morgan fingerprint density at radius 2 is 1.47 bits per heavy atom. The van der Waals surface area contributed by atoms with Crippen molar-refractivity contribution in [2.24, 2.45) is 0 Å². The molecule has 1 amide bonds. The molecule has 0 aliphatic carbocycles. The summed E-state index contributed by atoms with van der Waals surface area (Å²) in [6.45, 7) is 0. The summed E-state index contributed by atoms with van der Waals surface area (Å²) in [5.74, 6) is -0.531. The second-order valence-electron chi connectivity index (χ2n) is 7.16. The Bertz CT molecular complexity index is 1020. The van der Waals surface area contributed by atoms with Gasteiger partial charge >= 0.3 is 12.1 Å². The number of rotatable bonds is 4. The number of carbonyl (C=O) groups is 2. The monoisotopic (exact) mass is 513 g/mol. The Morgan fingerprint density at radius 3 is 2.03 bits per heavy atom. The van der Waals surface area contributed by atoms with E-state index in [1.165, 1.54) is 4.90 Å². The Labute approximate surface area is 188 Å². The van der Waals surface area contributed by atoms with E-state index in [2.05, 4.69) is 22.6 Å². The summed E-state index contributed by atoms with van der Waals surface area (Å²) in [7, 11) is 0. The third-order valence-electron chi connectivity index (χ3n) is 5.27.